The molecule has 0 heterocycles. The number of rotatable bonds is 12. The predicted octanol–water partition coefficient (Wildman–Crippen LogP) is 3.73. The molecule has 1 aliphatic rings. The zero-order valence-electron chi connectivity index (χ0n) is 17.0. The molecule has 154 valence electrons. The van der Waals surface area contributed by atoms with Crippen molar-refractivity contribution in [3.63, 3.8) is 0 Å². The fourth-order valence-electron chi connectivity index (χ4n) is 3.55. The van der Waals surface area contributed by atoms with Gasteiger partial charge in [-0.3, -0.25) is 9.59 Å². The van der Waals surface area contributed by atoms with Gasteiger partial charge in [0.2, 0.25) is 0 Å². The van der Waals surface area contributed by atoms with Gasteiger partial charge in [-0.15, -0.1) is 0 Å². The standard InChI is InChI=1S/C22H36O5/c1-4-5-14-22(2,26)15-10-12-18-17(19(23)16-20(18)24)11-8-6-7-9-13-21(25)27-3/h6-7,10,12,17-18,20,24,26H,4-5,8-9,11,13-16H2,1-3H3/b7-6+,12-10+. The number of Topliss-reactive ketones (excluding diaryl/α,β-unsaturated/α-hetero) is 1. The van der Waals surface area contributed by atoms with Gasteiger partial charge in [-0.25, -0.2) is 0 Å². The number of hydrogen-bond acceptors (Lipinski definition) is 5. The van der Waals surface area contributed by atoms with Gasteiger partial charge < -0.3 is 14.9 Å². The van der Waals surface area contributed by atoms with Crippen LogP contribution in [0.5, 0.6) is 0 Å². The SMILES string of the molecule is CCCCC(C)(O)C/C=C/C1C(O)CC(=O)C1CC/C=C/CCC(=O)OC. The third-order valence-corrected chi connectivity index (χ3v) is 5.27. The van der Waals surface area contributed by atoms with Gasteiger partial charge in [0.15, 0.2) is 0 Å². The number of ketones is 1. The van der Waals surface area contributed by atoms with Crippen LogP contribution in [0.25, 0.3) is 0 Å². The molecule has 0 saturated heterocycles. The van der Waals surface area contributed by atoms with Crippen molar-refractivity contribution in [2.24, 2.45) is 11.8 Å². The lowest BCUT2D eigenvalue weighted by Crippen LogP contribution is -2.23. The average Bonchev–Trinajstić information content (AvgIpc) is 2.89. The Bertz CT molecular complexity index is 521. The van der Waals surface area contributed by atoms with Gasteiger partial charge in [-0.05, 0) is 39.0 Å². The van der Waals surface area contributed by atoms with Crippen LogP contribution in [-0.2, 0) is 14.3 Å². The number of aliphatic hydroxyl groups is 2. The number of methoxy groups -OCH3 is 1. The van der Waals surface area contributed by atoms with Crippen LogP contribution in [0.4, 0.5) is 0 Å². The first-order valence-corrected chi connectivity index (χ1v) is 10.1. The first-order chi connectivity index (χ1) is 12.8. The number of carbonyl (C=O) groups excluding carboxylic acids is 2. The van der Waals surface area contributed by atoms with Crippen LogP contribution in [0.3, 0.4) is 0 Å². The Hall–Kier alpha value is -1.46. The first-order valence-electron chi connectivity index (χ1n) is 10.1. The van der Waals surface area contributed by atoms with Crippen LogP contribution in [0, 0.1) is 11.8 Å². The molecule has 1 saturated carbocycles. The van der Waals surface area contributed by atoms with Gasteiger partial charge in [-0.2, -0.15) is 0 Å². The Morgan fingerprint density at radius 1 is 1.30 bits per heavy atom. The number of allylic oxidation sites excluding steroid dienone is 2. The summed E-state index contributed by atoms with van der Waals surface area (Å²) in [6.45, 7) is 3.93. The molecule has 27 heavy (non-hydrogen) atoms. The van der Waals surface area contributed by atoms with E-state index in [1.165, 1.54) is 7.11 Å². The Kier molecular flexibility index (Phi) is 10.6. The summed E-state index contributed by atoms with van der Waals surface area (Å²) in [6.07, 6.45) is 13.0. The molecule has 5 nitrogen and oxygen atoms in total. The minimum atomic E-state index is -0.738. The van der Waals surface area contributed by atoms with Crippen LogP contribution in [0.15, 0.2) is 24.3 Å². The number of carbonyl (C=O) groups is 2. The molecule has 1 rings (SSSR count). The highest BCUT2D eigenvalue weighted by atomic mass is 16.5. The molecule has 4 unspecified atom stereocenters. The fraction of sp³-hybridized carbons (Fsp3) is 0.727. The van der Waals surface area contributed by atoms with E-state index in [1.807, 2.05) is 31.2 Å². The number of unbranched alkanes of at least 4 members (excludes halogenated alkanes) is 1. The maximum atomic E-state index is 12.2. The molecular formula is C22H36O5. The van der Waals surface area contributed by atoms with Crippen molar-refractivity contribution in [3.05, 3.63) is 24.3 Å². The zero-order chi connectivity index (χ0) is 20.3. The molecule has 0 bridgehead atoms. The van der Waals surface area contributed by atoms with Crippen molar-refractivity contribution in [1.82, 2.24) is 0 Å². The Morgan fingerprint density at radius 2 is 2.00 bits per heavy atom. The van der Waals surface area contributed by atoms with Crippen LogP contribution >= 0.6 is 0 Å². The van der Waals surface area contributed by atoms with Crippen molar-refractivity contribution in [3.8, 4) is 0 Å². The molecule has 0 spiro atoms. The summed E-state index contributed by atoms with van der Waals surface area (Å²) in [4.78, 5) is 23.3. The zero-order valence-corrected chi connectivity index (χ0v) is 17.0. The Labute approximate surface area is 163 Å². The summed E-state index contributed by atoms with van der Waals surface area (Å²) < 4.78 is 4.59. The van der Waals surface area contributed by atoms with Gasteiger partial charge in [-0.1, -0.05) is 44.1 Å². The average molecular weight is 381 g/mol. The summed E-state index contributed by atoms with van der Waals surface area (Å²) in [5.41, 5.74) is -0.738. The summed E-state index contributed by atoms with van der Waals surface area (Å²) in [5.74, 6) is -0.475. The van der Waals surface area contributed by atoms with E-state index in [2.05, 4.69) is 11.7 Å². The molecule has 0 aromatic carbocycles. The second kappa shape index (κ2) is 12.1. The molecule has 4 atom stereocenters. The van der Waals surface area contributed by atoms with Crippen molar-refractivity contribution in [2.45, 2.75) is 83.3 Å². The molecule has 0 radical (unpaired) electrons. The largest absolute Gasteiger partial charge is 0.469 e. The maximum Gasteiger partial charge on any atom is 0.305 e. The number of hydrogen-bond donors (Lipinski definition) is 2. The topological polar surface area (TPSA) is 83.8 Å². The van der Waals surface area contributed by atoms with E-state index in [9.17, 15) is 19.8 Å². The van der Waals surface area contributed by atoms with Crippen molar-refractivity contribution in [1.29, 1.82) is 0 Å². The monoisotopic (exact) mass is 380 g/mol. The van der Waals surface area contributed by atoms with E-state index in [0.717, 1.165) is 25.7 Å². The lowest BCUT2D eigenvalue weighted by molar-refractivity contribution is -0.140. The lowest BCUT2D eigenvalue weighted by atomic mass is 9.88. The van der Waals surface area contributed by atoms with Crippen LogP contribution < -0.4 is 0 Å². The van der Waals surface area contributed by atoms with Gasteiger partial charge in [0.1, 0.15) is 5.78 Å². The van der Waals surface area contributed by atoms with Crippen LogP contribution in [0.1, 0.15) is 71.6 Å². The molecule has 0 aliphatic heterocycles. The highest BCUT2D eigenvalue weighted by molar-refractivity contribution is 5.84. The molecule has 1 aliphatic carbocycles. The van der Waals surface area contributed by atoms with Crippen molar-refractivity contribution < 1.29 is 24.5 Å². The summed E-state index contributed by atoms with van der Waals surface area (Å²) in [6, 6.07) is 0. The maximum absolute atomic E-state index is 12.2. The van der Waals surface area contributed by atoms with Gasteiger partial charge in [0, 0.05) is 24.7 Å². The molecule has 5 heteroatoms. The fourth-order valence-corrected chi connectivity index (χ4v) is 3.55. The molecule has 0 amide bonds. The summed E-state index contributed by atoms with van der Waals surface area (Å²) >= 11 is 0. The quantitative estimate of drug-likeness (QED) is 0.398. The minimum absolute atomic E-state index is 0.109. The first kappa shape index (κ1) is 23.6. The van der Waals surface area contributed by atoms with Gasteiger partial charge in [0.05, 0.1) is 18.8 Å². The summed E-state index contributed by atoms with van der Waals surface area (Å²) in [5, 5.41) is 20.6. The molecular weight excluding hydrogens is 344 g/mol. The highest BCUT2D eigenvalue weighted by Crippen LogP contribution is 2.34. The van der Waals surface area contributed by atoms with E-state index in [0.29, 0.717) is 25.7 Å². The van der Waals surface area contributed by atoms with Crippen LogP contribution in [-0.4, -0.2) is 40.8 Å². The molecule has 0 aromatic rings. The number of esters is 1. The van der Waals surface area contributed by atoms with Crippen molar-refractivity contribution in [2.75, 3.05) is 7.11 Å². The molecule has 0 aromatic heterocycles. The predicted molar refractivity (Wildman–Crippen MR) is 106 cm³/mol. The van der Waals surface area contributed by atoms with E-state index >= 15 is 0 Å². The van der Waals surface area contributed by atoms with E-state index in [4.69, 9.17) is 0 Å². The van der Waals surface area contributed by atoms with Crippen molar-refractivity contribution >= 4 is 11.8 Å². The number of ether oxygens (including phenoxy) is 1. The van der Waals surface area contributed by atoms with Crippen LogP contribution in [0.2, 0.25) is 0 Å². The smallest absolute Gasteiger partial charge is 0.305 e. The Morgan fingerprint density at radius 3 is 2.67 bits per heavy atom. The second-order valence-electron chi connectivity index (χ2n) is 7.82. The Balaban J connectivity index is 2.49. The molecule has 1 fully saturated rings. The second-order valence-corrected chi connectivity index (χ2v) is 7.82. The van der Waals surface area contributed by atoms with E-state index in [-0.39, 0.29) is 30.0 Å². The highest BCUT2D eigenvalue weighted by Gasteiger charge is 2.39. The van der Waals surface area contributed by atoms with E-state index < -0.39 is 11.7 Å². The van der Waals surface area contributed by atoms with Gasteiger partial charge in [0.25, 0.3) is 0 Å². The normalized spacial score (nSPS) is 25.4. The number of aliphatic hydroxyl groups excluding tert-OH is 1. The van der Waals surface area contributed by atoms with E-state index in [1.54, 1.807) is 0 Å². The molecule has 2 N–H and O–H groups in total. The third kappa shape index (κ3) is 8.85. The minimum Gasteiger partial charge on any atom is -0.469 e. The summed E-state index contributed by atoms with van der Waals surface area (Å²) in [7, 11) is 1.37. The third-order valence-electron chi connectivity index (χ3n) is 5.27. The lowest BCUT2D eigenvalue weighted by Gasteiger charge is -2.22. The van der Waals surface area contributed by atoms with Gasteiger partial charge >= 0.3 is 5.97 Å².